The topological polar surface area (TPSA) is 165 Å². The monoisotopic (exact) mass is 614 g/mol. The number of oxazole rings is 1. The maximum atomic E-state index is 14.7. The van der Waals surface area contributed by atoms with Gasteiger partial charge in [-0.05, 0) is 67.5 Å². The van der Waals surface area contributed by atoms with Crippen molar-refractivity contribution in [3.63, 3.8) is 0 Å². The van der Waals surface area contributed by atoms with Gasteiger partial charge in [0.05, 0.1) is 35.7 Å². The van der Waals surface area contributed by atoms with Crippen LogP contribution in [0.25, 0.3) is 0 Å². The van der Waals surface area contributed by atoms with Gasteiger partial charge in [0.15, 0.2) is 17.0 Å². The van der Waals surface area contributed by atoms with Crippen LogP contribution in [0.3, 0.4) is 0 Å². The zero-order valence-electron chi connectivity index (χ0n) is 24.6. The highest BCUT2D eigenvalue weighted by Gasteiger charge is 2.41. The Morgan fingerprint density at radius 3 is 2.70 bits per heavy atom. The van der Waals surface area contributed by atoms with Gasteiger partial charge in [0.2, 0.25) is 5.88 Å². The fourth-order valence-electron chi connectivity index (χ4n) is 5.79. The molecule has 0 fully saturated rings. The van der Waals surface area contributed by atoms with E-state index in [2.05, 4.69) is 21.0 Å². The second kappa shape index (κ2) is 12.3. The summed E-state index contributed by atoms with van der Waals surface area (Å²) in [4.78, 5) is 24.0. The Labute approximate surface area is 254 Å². The molecular weight excluding hydrogens is 584 g/mol. The summed E-state index contributed by atoms with van der Waals surface area (Å²) in [5.41, 5.74) is 3.84. The quantitative estimate of drug-likeness (QED) is 0.135. The summed E-state index contributed by atoms with van der Waals surface area (Å²) in [6, 6.07) is 11.8. The Morgan fingerprint density at radius 2 is 2.07 bits per heavy atom. The molecule has 0 saturated carbocycles. The number of benzene rings is 2. The summed E-state index contributed by atoms with van der Waals surface area (Å²) < 4.78 is 41.6. The third-order valence-corrected chi connectivity index (χ3v) is 9.74. The first-order valence-corrected chi connectivity index (χ1v) is 15.4. The zero-order chi connectivity index (χ0) is 31.6. The Bertz CT molecular complexity index is 1910. The second-order valence-corrected chi connectivity index (χ2v) is 11.9. The van der Waals surface area contributed by atoms with E-state index in [1.165, 1.54) is 48.3 Å². The van der Waals surface area contributed by atoms with E-state index in [9.17, 15) is 23.8 Å². The number of nitriles is 1. The third-order valence-electron chi connectivity index (χ3n) is 7.85. The largest absolute Gasteiger partial charge is 0.480 e. The van der Waals surface area contributed by atoms with E-state index < -0.39 is 31.6 Å². The van der Waals surface area contributed by atoms with Crippen LogP contribution in [0.4, 0.5) is 11.4 Å². The lowest BCUT2D eigenvalue weighted by atomic mass is 9.87. The van der Waals surface area contributed by atoms with E-state index in [4.69, 9.17) is 9.15 Å². The third kappa shape index (κ3) is 5.17. The molecule has 0 amide bonds. The molecule has 0 radical (unpaired) electrons. The molecule has 2 aromatic carbocycles. The van der Waals surface area contributed by atoms with Crippen molar-refractivity contribution in [1.82, 2.24) is 9.97 Å². The van der Waals surface area contributed by atoms with Gasteiger partial charge in [-0.2, -0.15) is 5.26 Å². The number of hydrogen-bond donors (Lipinski definition) is 0. The predicted molar refractivity (Wildman–Crippen MR) is 163 cm³/mol. The molecule has 0 N–H and O–H groups in total. The average molecular weight is 615 g/mol. The van der Waals surface area contributed by atoms with Gasteiger partial charge < -0.3 is 9.15 Å². The van der Waals surface area contributed by atoms with Crippen LogP contribution in [0.5, 0.6) is 5.88 Å². The van der Waals surface area contributed by atoms with E-state index in [0.717, 1.165) is 11.1 Å². The molecule has 1 unspecified atom stereocenters. The van der Waals surface area contributed by atoms with Crippen LogP contribution in [0, 0.1) is 28.4 Å². The van der Waals surface area contributed by atoms with Crippen LogP contribution in [-0.2, 0) is 22.9 Å². The molecule has 0 saturated heterocycles. The number of sulfonamides is 1. The summed E-state index contributed by atoms with van der Waals surface area (Å²) in [7, 11) is -1.56. The van der Waals surface area contributed by atoms with Gasteiger partial charge in [-0.25, -0.2) is 18.4 Å². The van der Waals surface area contributed by atoms with Crippen molar-refractivity contribution in [1.29, 1.82) is 5.26 Å². The highest BCUT2D eigenvalue weighted by atomic mass is 32.2. The summed E-state index contributed by atoms with van der Waals surface area (Å²) in [5, 5.41) is 21.8. The Hall–Kier alpha value is -5.09. The molecule has 2 aromatic heterocycles. The van der Waals surface area contributed by atoms with Gasteiger partial charge in [-0.15, -0.1) is 0 Å². The van der Waals surface area contributed by atoms with Crippen LogP contribution in [0.15, 0.2) is 69.4 Å². The van der Waals surface area contributed by atoms with Crippen molar-refractivity contribution in [2.24, 2.45) is 4.99 Å². The smallest absolute Gasteiger partial charge is 0.289 e. The molecule has 5 rings (SSSR count). The average Bonchev–Trinajstić information content (AvgIpc) is 3.56. The number of nitro groups is 1. The molecule has 2 heterocycles. The Balaban J connectivity index is 1.82. The summed E-state index contributed by atoms with van der Waals surface area (Å²) in [5.74, 6) is 0.493. The van der Waals surface area contributed by atoms with Crippen LogP contribution in [-0.4, -0.2) is 43.2 Å². The molecule has 0 bridgehead atoms. The molecule has 13 heteroatoms. The number of rotatable bonds is 9. The van der Waals surface area contributed by atoms with E-state index >= 15 is 0 Å². The highest BCUT2D eigenvalue weighted by Crippen LogP contribution is 2.44. The van der Waals surface area contributed by atoms with Crippen molar-refractivity contribution < 1.29 is 22.5 Å². The number of aromatic nitrogens is 2. The summed E-state index contributed by atoms with van der Waals surface area (Å²) in [6.45, 7) is 3.76. The van der Waals surface area contributed by atoms with E-state index in [1.807, 2.05) is 13.0 Å². The standard InChI is InChI=1S/C31H30N6O6S/c1-5-20-13-14-21(15-23(20)30(33-3)27-17-34-18-43-27)36(44(40,41)28-12-7-6-10-25(28)37(38)39)26-11-8-9-22-19(2)24(16-32)31(42-4)35-29(22)26/h6-7,10,12-15,17-18,26H,5,8-9,11H2,1-4H3. The summed E-state index contributed by atoms with van der Waals surface area (Å²) in [6.07, 6.45) is 4.98. The van der Waals surface area contributed by atoms with Crippen LogP contribution >= 0.6 is 0 Å². The lowest BCUT2D eigenvalue weighted by molar-refractivity contribution is -0.387. The normalized spacial score (nSPS) is 14.9. The first-order valence-electron chi connectivity index (χ1n) is 13.9. The molecule has 0 aliphatic heterocycles. The predicted octanol–water partition coefficient (Wildman–Crippen LogP) is 5.47. The number of aryl methyl sites for hydroxylation is 1. The number of aliphatic imine (C=N–C) groups is 1. The lowest BCUT2D eigenvalue weighted by Gasteiger charge is -2.36. The minimum atomic E-state index is -4.57. The molecule has 1 atom stereocenters. The molecule has 1 aliphatic rings. The van der Waals surface area contributed by atoms with Gasteiger partial charge in [-0.1, -0.05) is 25.1 Å². The first-order chi connectivity index (χ1) is 21.2. The number of hydrogen-bond acceptors (Lipinski definition) is 10. The SMILES string of the molecule is CCc1ccc(N(C2CCCc3c2nc(OC)c(C#N)c3C)S(=O)(=O)c2ccccc2[N+](=O)[O-])cc1C(=NC)c1cnco1. The van der Waals surface area contributed by atoms with Gasteiger partial charge in [0, 0.05) is 18.7 Å². The van der Waals surface area contributed by atoms with Gasteiger partial charge in [0.1, 0.15) is 17.3 Å². The Morgan fingerprint density at radius 1 is 1.30 bits per heavy atom. The molecule has 4 aromatic rings. The van der Waals surface area contributed by atoms with Crippen LogP contribution in [0.2, 0.25) is 0 Å². The van der Waals surface area contributed by atoms with E-state index in [1.54, 1.807) is 26.1 Å². The van der Waals surface area contributed by atoms with Gasteiger partial charge in [-0.3, -0.25) is 19.4 Å². The number of nitrogens with zero attached hydrogens (tertiary/aromatic N) is 6. The van der Waals surface area contributed by atoms with E-state index in [-0.39, 0.29) is 17.1 Å². The van der Waals surface area contributed by atoms with Crippen molar-refractivity contribution >= 4 is 27.1 Å². The lowest BCUT2D eigenvalue weighted by Crippen LogP contribution is -2.38. The van der Waals surface area contributed by atoms with Crippen molar-refractivity contribution in [2.45, 2.75) is 50.5 Å². The number of para-hydroxylation sites is 1. The second-order valence-electron chi connectivity index (χ2n) is 10.2. The fourth-order valence-corrected chi connectivity index (χ4v) is 7.59. The number of pyridine rings is 1. The fraction of sp³-hybridized carbons (Fsp3) is 0.290. The van der Waals surface area contributed by atoms with Crippen LogP contribution in [0.1, 0.15) is 65.1 Å². The molecule has 226 valence electrons. The minimum Gasteiger partial charge on any atom is -0.480 e. The number of fused-ring (bicyclic) bond motifs is 1. The zero-order valence-corrected chi connectivity index (χ0v) is 25.5. The highest BCUT2D eigenvalue weighted by molar-refractivity contribution is 7.93. The van der Waals surface area contributed by atoms with Crippen molar-refractivity contribution in [3.05, 3.63) is 104 Å². The van der Waals surface area contributed by atoms with Crippen molar-refractivity contribution in [3.8, 4) is 11.9 Å². The number of methoxy groups -OCH3 is 1. The molecule has 1 aliphatic carbocycles. The van der Waals surface area contributed by atoms with Gasteiger partial charge in [0.25, 0.3) is 15.7 Å². The molecular formula is C31H30N6O6S. The maximum Gasteiger partial charge on any atom is 0.289 e. The number of anilines is 1. The number of nitro benzene ring substituents is 1. The van der Waals surface area contributed by atoms with E-state index in [0.29, 0.717) is 54.0 Å². The maximum absolute atomic E-state index is 14.7. The van der Waals surface area contributed by atoms with Crippen LogP contribution < -0.4 is 9.04 Å². The first kappa shape index (κ1) is 30.4. The summed E-state index contributed by atoms with van der Waals surface area (Å²) >= 11 is 0. The molecule has 44 heavy (non-hydrogen) atoms. The molecule has 0 spiro atoms. The minimum absolute atomic E-state index is 0.0893. The Kier molecular flexibility index (Phi) is 8.46. The molecule has 12 nitrogen and oxygen atoms in total. The van der Waals surface area contributed by atoms with Gasteiger partial charge >= 0.3 is 0 Å². The number of ether oxygens (including phenoxy) is 1. The van der Waals surface area contributed by atoms with Crippen molar-refractivity contribution in [2.75, 3.05) is 18.5 Å².